The summed E-state index contributed by atoms with van der Waals surface area (Å²) in [6.07, 6.45) is 0.290. The van der Waals surface area contributed by atoms with Gasteiger partial charge in [0.2, 0.25) is 0 Å². The summed E-state index contributed by atoms with van der Waals surface area (Å²) in [4.78, 5) is 34.0. The lowest BCUT2D eigenvalue weighted by Gasteiger charge is -2.17. The van der Waals surface area contributed by atoms with Crippen LogP contribution in [-0.2, 0) is 4.79 Å². The van der Waals surface area contributed by atoms with E-state index in [0.717, 1.165) is 0 Å². The molecule has 1 rings (SSSR count). The summed E-state index contributed by atoms with van der Waals surface area (Å²) in [5.74, 6) is -1.33. The van der Waals surface area contributed by atoms with Crippen LogP contribution < -0.4 is 0 Å². The number of rotatable bonds is 6. The number of nitro groups is 1. The van der Waals surface area contributed by atoms with E-state index >= 15 is 0 Å². The Morgan fingerprint density at radius 2 is 2.10 bits per heavy atom. The van der Waals surface area contributed by atoms with Crippen LogP contribution in [0.5, 0.6) is 0 Å². The second-order valence-electron chi connectivity index (χ2n) is 4.15. The Morgan fingerprint density at radius 1 is 1.45 bits per heavy atom. The molecule has 0 saturated heterocycles. The number of hydrogen-bond donors (Lipinski definition) is 1. The molecule has 0 saturated carbocycles. The Hall–Kier alpha value is -1.96. The van der Waals surface area contributed by atoms with E-state index < -0.39 is 16.8 Å². The van der Waals surface area contributed by atoms with Crippen molar-refractivity contribution in [1.29, 1.82) is 0 Å². The van der Waals surface area contributed by atoms with E-state index in [1.807, 2.05) is 0 Å². The first-order valence-electron chi connectivity index (χ1n) is 5.74. The van der Waals surface area contributed by atoms with E-state index in [1.165, 1.54) is 30.1 Å². The van der Waals surface area contributed by atoms with Crippen molar-refractivity contribution in [2.24, 2.45) is 0 Å². The van der Waals surface area contributed by atoms with E-state index in [0.29, 0.717) is 10.9 Å². The quantitative estimate of drug-likeness (QED) is 0.630. The number of amides is 1. The predicted molar refractivity (Wildman–Crippen MR) is 74.6 cm³/mol. The molecule has 1 aromatic rings. The summed E-state index contributed by atoms with van der Waals surface area (Å²) in [5.41, 5.74) is 0.00695. The second kappa shape index (κ2) is 6.99. The summed E-state index contributed by atoms with van der Waals surface area (Å²) in [5, 5.41) is 19.2. The van der Waals surface area contributed by atoms with Crippen molar-refractivity contribution in [2.45, 2.75) is 12.8 Å². The standard InChI is InChI=1S/C12H13BrN2O5/c1-14(6-2-3-11(16)17)12(18)9-7-8(15(19)20)4-5-10(9)13/h4-5,7H,2-3,6H2,1H3,(H,16,17). The number of hydrogen-bond acceptors (Lipinski definition) is 4. The molecule has 20 heavy (non-hydrogen) atoms. The predicted octanol–water partition coefficient (Wildman–Crippen LogP) is 2.29. The number of halogens is 1. The maximum Gasteiger partial charge on any atom is 0.303 e. The molecule has 0 radical (unpaired) electrons. The third kappa shape index (κ3) is 4.30. The van der Waals surface area contributed by atoms with Crippen LogP contribution in [0.1, 0.15) is 23.2 Å². The van der Waals surface area contributed by atoms with Crippen LogP contribution in [0.15, 0.2) is 22.7 Å². The first-order chi connectivity index (χ1) is 9.32. The van der Waals surface area contributed by atoms with E-state index in [2.05, 4.69) is 15.9 Å². The Morgan fingerprint density at radius 3 is 2.65 bits per heavy atom. The van der Waals surface area contributed by atoms with E-state index in [-0.39, 0.29) is 24.2 Å². The van der Waals surface area contributed by atoms with Gasteiger partial charge in [-0.3, -0.25) is 19.7 Å². The zero-order valence-electron chi connectivity index (χ0n) is 10.7. The maximum absolute atomic E-state index is 12.1. The minimum absolute atomic E-state index is 0.0340. The number of aliphatic carboxylic acids is 1. The van der Waals surface area contributed by atoms with Crippen molar-refractivity contribution < 1.29 is 19.6 Å². The molecule has 1 aromatic carbocycles. The summed E-state index contributed by atoms with van der Waals surface area (Å²) in [6.45, 7) is 0.264. The van der Waals surface area contributed by atoms with Crippen molar-refractivity contribution in [3.8, 4) is 0 Å². The highest BCUT2D eigenvalue weighted by atomic mass is 79.9. The SMILES string of the molecule is CN(CCCC(=O)O)C(=O)c1cc([N+](=O)[O-])ccc1Br. The molecular weight excluding hydrogens is 332 g/mol. The summed E-state index contributed by atoms with van der Waals surface area (Å²) in [6, 6.07) is 3.93. The molecular formula is C12H13BrN2O5. The van der Waals surface area contributed by atoms with Gasteiger partial charge in [0.25, 0.3) is 11.6 Å². The zero-order valence-corrected chi connectivity index (χ0v) is 12.3. The molecule has 1 amide bonds. The van der Waals surface area contributed by atoms with Crippen LogP contribution in [0.3, 0.4) is 0 Å². The highest BCUT2D eigenvalue weighted by Gasteiger charge is 2.18. The highest BCUT2D eigenvalue weighted by molar-refractivity contribution is 9.10. The van der Waals surface area contributed by atoms with Gasteiger partial charge in [-0.05, 0) is 28.4 Å². The van der Waals surface area contributed by atoms with E-state index in [1.54, 1.807) is 0 Å². The van der Waals surface area contributed by atoms with Gasteiger partial charge < -0.3 is 10.0 Å². The lowest BCUT2D eigenvalue weighted by atomic mass is 10.1. The molecule has 0 aliphatic rings. The Labute approximate surface area is 123 Å². The largest absolute Gasteiger partial charge is 0.481 e. The van der Waals surface area contributed by atoms with Gasteiger partial charge in [-0.25, -0.2) is 0 Å². The van der Waals surface area contributed by atoms with Crippen molar-refractivity contribution in [1.82, 2.24) is 4.90 Å². The second-order valence-corrected chi connectivity index (χ2v) is 5.00. The molecule has 0 atom stereocenters. The zero-order chi connectivity index (χ0) is 15.3. The molecule has 0 bridgehead atoms. The Bertz CT molecular complexity index is 547. The molecule has 0 aliphatic heterocycles. The van der Waals surface area contributed by atoms with Crippen LogP contribution in [-0.4, -0.2) is 40.4 Å². The molecule has 0 unspecified atom stereocenters. The maximum atomic E-state index is 12.1. The third-order valence-electron chi connectivity index (χ3n) is 2.62. The number of nitro benzene ring substituents is 1. The molecule has 1 N–H and O–H groups in total. The van der Waals surface area contributed by atoms with E-state index in [9.17, 15) is 19.7 Å². The van der Waals surface area contributed by atoms with Gasteiger partial charge >= 0.3 is 5.97 Å². The number of nitrogens with zero attached hydrogens (tertiary/aromatic N) is 2. The van der Waals surface area contributed by atoms with Crippen LogP contribution in [0.4, 0.5) is 5.69 Å². The molecule has 0 fully saturated rings. The monoisotopic (exact) mass is 344 g/mol. The fraction of sp³-hybridized carbons (Fsp3) is 0.333. The van der Waals surface area contributed by atoms with Gasteiger partial charge in [0.05, 0.1) is 10.5 Å². The first kappa shape index (κ1) is 16.1. The fourth-order valence-electron chi connectivity index (χ4n) is 1.57. The fourth-order valence-corrected chi connectivity index (χ4v) is 1.98. The summed E-state index contributed by atoms with van der Waals surface area (Å²) >= 11 is 3.18. The molecule has 0 heterocycles. The van der Waals surface area contributed by atoms with Crippen molar-refractivity contribution >= 4 is 33.5 Å². The lowest BCUT2D eigenvalue weighted by Crippen LogP contribution is -2.28. The van der Waals surface area contributed by atoms with Gasteiger partial charge in [0.15, 0.2) is 0 Å². The minimum Gasteiger partial charge on any atom is -0.481 e. The van der Waals surface area contributed by atoms with Crippen LogP contribution >= 0.6 is 15.9 Å². The smallest absolute Gasteiger partial charge is 0.303 e. The molecule has 0 aromatic heterocycles. The van der Waals surface area contributed by atoms with Crippen LogP contribution in [0.2, 0.25) is 0 Å². The number of carboxylic acids is 1. The molecule has 8 heteroatoms. The average molecular weight is 345 g/mol. The Balaban J connectivity index is 2.82. The topological polar surface area (TPSA) is 101 Å². The number of carbonyl (C=O) groups is 2. The highest BCUT2D eigenvalue weighted by Crippen LogP contribution is 2.23. The van der Waals surface area contributed by atoms with Gasteiger partial charge in [-0.2, -0.15) is 0 Å². The average Bonchev–Trinajstić information content (AvgIpc) is 2.37. The number of non-ortho nitro benzene ring substituents is 1. The lowest BCUT2D eigenvalue weighted by molar-refractivity contribution is -0.384. The number of carbonyl (C=O) groups excluding carboxylic acids is 1. The van der Waals surface area contributed by atoms with Crippen LogP contribution in [0, 0.1) is 10.1 Å². The van der Waals surface area contributed by atoms with Crippen molar-refractivity contribution in [3.05, 3.63) is 38.3 Å². The van der Waals surface area contributed by atoms with E-state index in [4.69, 9.17) is 5.11 Å². The molecule has 7 nitrogen and oxygen atoms in total. The van der Waals surface area contributed by atoms with Gasteiger partial charge in [-0.1, -0.05) is 0 Å². The molecule has 0 aliphatic carbocycles. The Kier molecular flexibility index (Phi) is 5.63. The van der Waals surface area contributed by atoms with Gasteiger partial charge in [0, 0.05) is 36.6 Å². The van der Waals surface area contributed by atoms with Crippen molar-refractivity contribution in [3.63, 3.8) is 0 Å². The third-order valence-corrected chi connectivity index (χ3v) is 3.31. The first-order valence-corrected chi connectivity index (χ1v) is 6.53. The molecule has 0 spiro atoms. The number of carboxylic acid groups (broad SMARTS) is 1. The van der Waals surface area contributed by atoms with Gasteiger partial charge in [-0.15, -0.1) is 0 Å². The van der Waals surface area contributed by atoms with Gasteiger partial charge in [0.1, 0.15) is 0 Å². The summed E-state index contributed by atoms with van der Waals surface area (Å²) in [7, 11) is 1.52. The number of benzene rings is 1. The van der Waals surface area contributed by atoms with Crippen molar-refractivity contribution in [2.75, 3.05) is 13.6 Å². The summed E-state index contributed by atoms with van der Waals surface area (Å²) < 4.78 is 0.457. The molecule has 108 valence electrons. The minimum atomic E-state index is -0.928. The van der Waals surface area contributed by atoms with Crippen LogP contribution in [0.25, 0.3) is 0 Å². The normalized spacial score (nSPS) is 10.1.